The zero-order chi connectivity index (χ0) is 13.0. The second-order valence-corrected chi connectivity index (χ2v) is 3.74. The highest BCUT2D eigenvalue weighted by molar-refractivity contribution is 5.70. The Morgan fingerprint density at radius 1 is 1.11 bits per heavy atom. The Bertz CT molecular complexity index is 552. The summed E-state index contributed by atoms with van der Waals surface area (Å²) in [5.41, 5.74) is 0.142. The summed E-state index contributed by atoms with van der Waals surface area (Å²) in [6, 6.07) is 13.1. The molecule has 0 radical (unpaired) electrons. The van der Waals surface area contributed by atoms with E-state index in [2.05, 4.69) is 0 Å². The van der Waals surface area contributed by atoms with Gasteiger partial charge in [0.1, 0.15) is 17.3 Å². The molecule has 3 nitrogen and oxygen atoms in total. The lowest BCUT2D eigenvalue weighted by atomic mass is 10.1. The predicted molar refractivity (Wildman–Crippen MR) is 64.3 cm³/mol. The Kier molecular flexibility index (Phi) is 3.57. The maximum absolute atomic E-state index is 13.6. The summed E-state index contributed by atoms with van der Waals surface area (Å²) in [6.07, 6.45) is -0.336. The number of hydrogen-bond donors (Lipinski definition) is 1. The normalized spacial score (nSPS) is 10.1. The quantitative estimate of drug-likeness (QED) is 0.900. The molecule has 4 heteroatoms. The van der Waals surface area contributed by atoms with E-state index >= 15 is 0 Å². The molecule has 0 aliphatic carbocycles. The van der Waals surface area contributed by atoms with Gasteiger partial charge < -0.3 is 9.84 Å². The van der Waals surface area contributed by atoms with E-state index in [9.17, 15) is 9.18 Å². The molecule has 0 amide bonds. The van der Waals surface area contributed by atoms with Crippen molar-refractivity contribution < 1.29 is 19.0 Å². The van der Waals surface area contributed by atoms with Crippen molar-refractivity contribution in [2.24, 2.45) is 0 Å². The Labute approximate surface area is 103 Å². The number of rotatable bonds is 4. The van der Waals surface area contributed by atoms with Gasteiger partial charge in [-0.1, -0.05) is 24.3 Å². The van der Waals surface area contributed by atoms with Crippen LogP contribution in [0.3, 0.4) is 0 Å². The first kappa shape index (κ1) is 12.1. The van der Waals surface area contributed by atoms with Gasteiger partial charge in [-0.3, -0.25) is 4.79 Å². The molecule has 92 valence electrons. The van der Waals surface area contributed by atoms with Crippen LogP contribution in [0.2, 0.25) is 0 Å². The van der Waals surface area contributed by atoms with Crippen molar-refractivity contribution in [3.05, 3.63) is 59.9 Å². The van der Waals surface area contributed by atoms with Gasteiger partial charge in [0.15, 0.2) is 0 Å². The molecule has 18 heavy (non-hydrogen) atoms. The molecule has 2 aromatic carbocycles. The predicted octanol–water partition coefficient (Wildman–Crippen LogP) is 3.25. The number of halogens is 1. The number of carboxylic acids is 1. The third-order valence-electron chi connectivity index (χ3n) is 2.35. The second kappa shape index (κ2) is 5.31. The Morgan fingerprint density at radius 2 is 1.83 bits per heavy atom. The largest absolute Gasteiger partial charge is 0.481 e. The molecule has 0 saturated carbocycles. The third-order valence-corrected chi connectivity index (χ3v) is 2.35. The highest BCUT2D eigenvalue weighted by Crippen LogP contribution is 2.23. The molecule has 1 N–H and O–H groups in total. The van der Waals surface area contributed by atoms with Gasteiger partial charge in [-0.05, 0) is 23.8 Å². The van der Waals surface area contributed by atoms with Crippen LogP contribution in [0.1, 0.15) is 5.56 Å². The SMILES string of the molecule is O=C(O)Cc1ccc(Oc2ccccc2)cc1F. The molecule has 0 unspecified atom stereocenters. The van der Waals surface area contributed by atoms with E-state index in [1.807, 2.05) is 18.2 Å². The van der Waals surface area contributed by atoms with Gasteiger partial charge in [0.2, 0.25) is 0 Å². The third kappa shape index (κ3) is 3.07. The van der Waals surface area contributed by atoms with Gasteiger partial charge in [0.05, 0.1) is 6.42 Å². The van der Waals surface area contributed by atoms with Crippen LogP contribution in [-0.4, -0.2) is 11.1 Å². The van der Waals surface area contributed by atoms with Crippen LogP contribution in [0.4, 0.5) is 4.39 Å². The van der Waals surface area contributed by atoms with Crippen LogP contribution in [0.15, 0.2) is 48.5 Å². The summed E-state index contributed by atoms with van der Waals surface area (Å²) in [5.74, 6) is -0.702. The lowest BCUT2D eigenvalue weighted by Crippen LogP contribution is -2.02. The molecule has 0 aliphatic heterocycles. The van der Waals surface area contributed by atoms with Crippen molar-refractivity contribution in [3.8, 4) is 11.5 Å². The average molecular weight is 246 g/mol. The molecule has 0 heterocycles. The van der Waals surface area contributed by atoms with Gasteiger partial charge in [-0.2, -0.15) is 0 Å². The maximum atomic E-state index is 13.6. The lowest BCUT2D eigenvalue weighted by molar-refractivity contribution is -0.136. The van der Waals surface area contributed by atoms with E-state index in [1.54, 1.807) is 18.2 Å². The van der Waals surface area contributed by atoms with Crippen molar-refractivity contribution in [1.29, 1.82) is 0 Å². The number of benzene rings is 2. The topological polar surface area (TPSA) is 46.5 Å². The van der Waals surface area contributed by atoms with Gasteiger partial charge in [0, 0.05) is 6.07 Å². The van der Waals surface area contributed by atoms with E-state index in [1.165, 1.54) is 12.1 Å². The lowest BCUT2D eigenvalue weighted by Gasteiger charge is -2.07. The van der Waals surface area contributed by atoms with Crippen LogP contribution in [-0.2, 0) is 11.2 Å². The number of aliphatic carboxylic acids is 1. The second-order valence-electron chi connectivity index (χ2n) is 3.74. The van der Waals surface area contributed by atoms with Gasteiger partial charge in [0.25, 0.3) is 0 Å². The van der Waals surface area contributed by atoms with E-state index in [-0.39, 0.29) is 12.0 Å². The minimum absolute atomic E-state index is 0.142. The van der Waals surface area contributed by atoms with Crippen molar-refractivity contribution >= 4 is 5.97 Å². The average Bonchev–Trinajstić information content (AvgIpc) is 2.33. The molecule has 0 aliphatic rings. The first-order valence-corrected chi connectivity index (χ1v) is 5.38. The monoisotopic (exact) mass is 246 g/mol. The number of hydrogen-bond acceptors (Lipinski definition) is 2. The molecule has 0 fully saturated rings. The number of ether oxygens (including phenoxy) is 1. The summed E-state index contributed by atoms with van der Waals surface area (Å²) in [7, 11) is 0. The first-order valence-electron chi connectivity index (χ1n) is 5.38. The minimum atomic E-state index is -1.06. The van der Waals surface area contributed by atoms with Crippen LogP contribution in [0.25, 0.3) is 0 Å². The van der Waals surface area contributed by atoms with Gasteiger partial charge in [-0.25, -0.2) is 4.39 Å². The van der Waals surface area contributed by atoms with E-state index in [4.69, 9.17) is 9.84 Å². The fourth-order valence-corrected chi connectivity index (χ4v) is 1.52. The van der Waals surface area contributed by atoms with Gasteiger partial charge in [-0.15, -0.1) is 0 Å². The fourth-order valence-electron chi connectivity index (χ4n) is 1.52. The summed E-state index contributed by atoms with van der Waals surface area (Å²) in [4.78, 5) is 10.5. The summed E-state index contributed by atoms with van der Waals surface area (Å²) in [6.45, 7) is 0. The molecular weight excluding hydrogens is 235 g/mol. The van der Waals surface area contributed by atoms with Crippen molar-refractivity contribution in [1.82, 2.24) is 0 Å². The van der Waals surface area contributed by atoms with Crippen LogP contribution in [0, 0.1) is 5.82 Å². The van der Waals surface area contributed by atoms with Crippen LogP contribution in [0.5, 0.6) is 11.5 Å². The smallest absolute Gasteiger partial charge is 0.307 e. The number of carbonyl (C=O) groups is 1. The van der Waals surface area contributed by atoms with E-state index in [0.717, 1.165) is 0 Å². The zero-order valence-electron chi connectivity index (χ0n) is 9.47. The fraction of sp³-hybridized carbons (Fsp3) is 0.0714. The molecule has 0 spiro atoms. The maximum Gasteiger partial charge on any atom is 0.307 e. The van der Waals surface area contributed by atoms with E-state index < -0.39 is 11.8 Å². The Morgan fingerprint density at radius 3 is 2.44 bits per heavy atom. The molecular formula is C14H11FO3. The zero-order valence-corrected chi connectivity index (χ0v) is 9.47. The van der Waals surface area contributed by atoms with Crippen LogP contribution < -0.4 is 4.74 Å². The van der Waals surface area contributed by atoms with Crippen molar-refractivity contribution in [3.63, 3.8) is 0 Å². The Hall–Kier alpha value is -2.36. The molecule has 0 atom stereocenters. The number of para-hydroxylation sites is 1. The standard InChI is InChI=1S/C14H11FO3/c15-13-9-12(7-6-10(13)8-14(16)17)18-11-4-2-1-3-5-11/h1-7,9H,8H2,(H,16,17). The highest BCUT2D eigenvalue weighted by Gasteiger charge is 2.08. The molecule has 0 saturated heterocycles. The first-order chi connectivity index (χ1) is 8.65. The Balaban J connectivity index is 2.16. The van der Waals surface area contributed by atoms with Crippen molar-refractivity contribution in [2.45, 2.75) is 6.42 Å². The van der Waals surface area contributed by atoms with Crippen LogP contribution >= 0.6 is 0 Å². The summed E-state index contributed by atoms with van der Waals surface area (Å²) in [5, 5.41) is 8.60. The summed E-state index contributed by atoms with van der Waals surface area (Å²) >= 11 is 0. The molecule has 2 aromatic rings. The van der Waals surface area contributed by atoms with Gasteiger partial charge >= 0.3 is 5.97 Å². The summed E-state index contributed by atoms with van der Waals surface area (Å²) < 4.78 is 19.0. The highest BCUT2D eigenvalue weighted by atomic mass is 19.1. The minimum Gasteiger partial charge on any atom is -0.481 e. The van der Waals surface area contributed by atoms with Crippen molar-refractivity contribution in [2.75, 3.05) is 0 Å². The molecule has 0 bridgehead atoms. The number of carboxylic acid groups (broad SMARTS) is 1. The molecule has 2 rings (SSSR count). The van der Waals surface area contributed by atoms with E-state index in [0.29, 0.717) is 11.5 Å². The molecule has 0 aromatic heterocycles.